The van der Waals surface area contributed by atoms with Crippen LogP contribution >= 0.6 is 11.6 Å². The molecule has 0 bridgehead atoms. The van der Waals surface area contributed by atoms with Crippen LogP contribution in [0.3, 0.4) is 0 Å². The fourth-order valence-electron chi connectivity index (χ4n) is 2.85. The molecule has 1 saturated carbocycles. The number of furan rings is 1. The maximum Gasteiger partial charge on any atom is 0.198 e. The molecule has 1 heterocycles. The number of nitrogens with one attached hydrogen (secondary N) is 1. The third-order valence-corrected chi connectivity index (χ3v) is 4.41. The van der Waals surface area contributed by atoms with E-state index in [1.807, 2.05) is 13.1 Å². The second-order valence-corrected chi connectivity index (χ2v) is 5.47. The van der Waals surface area contributed by atoms with Gasteiger partial charge in [-0.15, -0.1) is 0 Å². The van der Waals surface area contributed by atoms with E-state index in [0.717, 1.165) is 5.56 Å². The van der Waals surface area contributed by atoms with Crippen molar-refractivity contribution in [3.05, 3.63) is 58.5 Å². The van der Waals surface area contributed by atoms with E-state index in [0.29, 0.717) is 11.1 Å². The van der Waals surface area contributed by atoms with E-state index in [2.05, 4.69) is 29.6 Å². The summed E-state index contributed by atoms with van der Waals surface area (Å²) in [6.45, 7) is 0. The number of hydrogen-bond acceptors (Lipinski definition) is 2. The average molecular weight is 276 g/mol. The van der Waals surface area contributed by atoms with Gasteiger partial charge < -0.3 is 9.73 Å². The zero-order valence-electron chi connectivity index (χ0n) is 11.0. The molecule has 0 amide bonds. The standard InChI is InChI=1S/C16H18ClNO/c1-18-15(14-9-10-19-16(14)17)13-8-3-2-7-12(13)11-5-4-6-11/h2-3,7-11,15,18H,4-6H2,1H3. The van der Waals surface area contributed by atoms with Crippen LogP contribution in [0.2, 0.25) is 5.22 Å². The molecule has 1 N–H and O–H groups in total. The van der Waals surface area contributed by atoms with E-state index < -0.39 is 0 Å². The first-order chi connectivity index (χ1) is 9.31. The van der Waals surface area contributed by atoms with Gasteiger partial charge in [-0.3, -0.25) is 0 Å². The summed E-state index contributed by atoms with van der Waals surface area (Å²) in [5.74, 6) is 0.706. The van der Waals surface area contributed by atoms with E-state index >= 15 is 0 Å². The van der Waals surface area contributed by atoms with Gasteiger partial charge in [0.2, 0.25) is 0 Å². The fourth-order valence-corrected chi connectivity index (χ4v) is 3.08. The summed E-state index contributed by atoms with van der Waals surface area (Å²) in [6.07, 6.45) is 5.59. The van der Waals surface area contributed by atoms with Gasteiger partial charge in [-0.05, 0) is 54.6 Å². The Morgan fingerprint density at radius 2 is 2.00 bits per heavy atom. The molecule has 1 aliphatic carbocycles. The van der Waals surface area contributed by atoms with Gasteiger partial charge in [0, 0.05) is 5.56 Å². The van der Waals surface area contributed by atoms with Crippen molar-refractivity contribution in [3.63, 3.8) is 0 Å². The van der Waals surface area contributed by atoms with E-state index in [9.17, 15) is 0 Å². The summed E-state index contributed by atoms with van der Waals surface area (Å²) >= 11 is 6.14. The summed E-state index contributed by atoms with van der Waals surface area (Å²) < 4.78 is 5.23. The van der Waals surface area contributed by atoms with Crippen LogP contribution < -0.4 is 5.32 Å². The van der Waals surface area contributed by atoms with Crippen molar-refractivity contribution in [1.82, 2.24) is 5.32 Å². The average Bonchev–Trinajstić information content (AvgIpc) is 2.77. The molecule has 0 aliphatic heterocycles. The van der Waals surface area contributed by atoms with Gasteiger partial charge in [0.1, 0.15) is 0 Å². The maximum atomic E-state index is 6.14. The van der Waals surface area contributed by atoms with Crippen LogP contribution in [-0.2, 0) is 0 Å². The van der Waals surface area contributed by atoms with Crippen molar-refractivity contribution >= 4 is 11.6 Å². The van der Waals surface area contributed by atoms with E-state index in [1.54, 1.807) is 6.26 Å². The zero-order valence-corrected chi connectivity index (χ0v) is 11.8. The Morgan fingerprint density at radius 3 is 2.58 bits per heavy atom. The molecule has 0 saturated heterocycles. The number of rotatable bonds is 4. The van der Waals surface area contributed by atoms with Crippen LogP contribution in [0.25, 0.3) is 0 Å². The molecule has 2 aromatic rings. The van der Waals surface area contributed by atoms with Crippen molar-refractivity contribution in [3.8, 4) is 0 Å². The van der Waals surface area contributed by atoms with Crippen LogP contribution in [0.4, 0.5) is 0 Å². The van der Waals surface area contributed by atoms with E-state index in [4.69, 9.17) is 16.0 Å². The number of hydrogen-bond donors (Lipinski definition) is 1. The lowest BCUT2D eigenvalue weighted by Crippen LogP contribution is -2.21. The molecular weight excluding hydrogens is 258 g/mol. The summed E-state index contributed by atoms with van der Waals surface area (Å²) in [4.78, 5) is 0. The smallest absolute Gasteiger partial charge is 0.198 e. The van der Waals surface area contributed by atoms with Crippen LogP contribution in [0.15, 0.2) is 41.0 Å². The van der Waals surface area contributed by atoms with Gasteiger partial charge in [0.15, 0.2) is 5.22 Å². The topological polar surface area (TPSA) is 25.2 Å². The van der Waals surface area contributed by atoms with Crippen LogP contribution in [0.1, 0.15) is 47.9 Å². The molecule has 0 spiro atoms. The summed E-state index contributed by atoms with van der Waals surface area (Å²) in [6, 6.07) is 10.7. The van der Waals surface area contributed by atoms with Crippen LogP contribution in [0.5, 0.6) is 0 Å². The Balaban J connectivity index is 2.02. The highest BCUT2D eigenvalue weighted by Gasteiger charge is 2.26. The molecule has 2 nitrogen and oxygen atoms in total. The van der Waals surface area contributed by atoms with Gasteiger partial charge in [0.05, 0.1) is 12.3 Å². The predicted octanol–water partition coefficient (Wildman–Crippen LogP) is 4.51. The van der Waals surface area contributed by atoms with Crippen molar-refractivity contribution in [2.75, 3.05) is 7.05 Å². The maximum absolute atomic E-state index is 6.14. The molecule has 1 aliphatic rings. The Hall–Kier alpha value is -1.25. The molecule has 1 atom stereocenters. The second kappa shape index (κ2) is 5.40. The predicted molar refractivity (Wildman–Crippen MR) is 77.7 cm³/mol. The third-order valence-electron chi connectivity index (χ3n) is 4.10. The van der Waals surface area contributed by atoms with Crippen molar-refractivity contribution in [2.45, 2.75) is 31.2 Å². The molecule has 0 radical (unpaired) electrons. The first-order valence-corrected chi connectivity index (χ1v) is 7.18. The number of halogens is 1. The highest BCUT2D eigenvalue weighted by atomic mass is 35.5. The lowest BCUT2D eigenvalue weighted by atomic mass is 9.76. The Kier molecular flexibility index (Phi) is 3.63. The molecule has 1 aromatic carbocycles. The largest absolute Gasteiger partial charge is 0.453 e. The molecule has 1 unspecified atom stereocenters. The summed E-state index contributed by atoms with van der Waals surface area (Å²) in [7, 11) is 1.96. The van der Waals surface area contributed by atoms with Gasteiger partial charge in [-0.25, -0.2) is 0 Å². The van der Waals surface area contributed by atoms with Crippen LogP contribution in [0, 0.1) is 0 Å². The first kappa shape index (κ1) is 12.8. The Morgan fingerprint density at radius 1 is 1.21 bits per heavy atom. The molecule has 1 aromatic heterocycles. The lowest BCUT2D eigenvalue weighted by Gasteiger charge is -2.30. The molecule has 3 heteroatoms. The summed E-state index contributed by atoms with van der Waals surface area (Å²) in [5, 5.41) is 3.84. The van der Waals surface area contributed by atoms with E-state index in [1.165, 1.54) is 30.4 Å². The normalized spacial score (nSPS) is 17.2. The van der Waals surface area contributed by atoms with Crippen LogP contribution in [-0.4, -0.2) is 7.05 Å². The highest BCUT2D eigenvalue weighted by molar-refractivity contribution is 6.29. The second-order valence-electron chi connectivity index (χ2n) is 5.13. The quantitative estimate of drug-likeness (QED) is 0.888. The molecule has 100 valence electrons. The van der Waals surface area contributed by atoms with Crippen molar-refractivity contribution in [2.24, 2.45) is 0 Å². The van der Waals surface area contributed by atoms with Gasteiger partial charge >= 0.3 is 0 Å². The minimum Gasteiger partial charge on any atom is -0.453 e. The fraction of sp³-hybridized carbons (Fsp3) is 0.375. The minimum absolute atomic E-state index is 0.100. The minimum atomic E-state index is 0.100. The highest BCUT2D eigenvalue weighted by Crippen LogP contribution is 2.41. The van der Waals surface area contributed by atoms with Gasteiger partial charge in [-0.2, -0.15) is 0 Å². The monoisotopic (exact) mass is 275 g/mol. The molecule has 19 heavy (non-hydrogen) atoms. The van der Waals surface area contributed by atoms with Gasteiger partial charge in [-0.1, -0.05) is 30.7 Å². The van der Waals surface area contributed by atoms with Crippen molar-refractivity contribution in [1.29, 1.82) is 0 Å². The SMILES string of the molecule is CNC(c1ccccc1C1CCC1)c1ccoc1Cl. The third kappa shape index (κ3) is 2.31. The van der Waals surface area contributed by atoms with Crippen molar-refractivity contribution < 1.29 is 4.42 Å². The lowest BCUT2D eigenvalue weighted by molar-refractivity contribution is 0.415. The molecular formula is C16H18ClNO. The summed E-state index contributed by atoms with van der Waals surface area (Å²) in [5.41, 5.74) is 3.78. The molecule has 3 rings (SSSR count). The van der Waals surface area contributed by atoms with Gasteiger partial charge in [0.25, 0.3) is 0 Å². The first-order valence-electron chi connectivity index (χ1n) is 6.80. The Labute approximate surface area is 118 Å². The molecule has 1 fully saturated rings. The number of benzene rings is 1. The van der Waals surface area contributed by atoms with E-state index in [-0.39, 0.29) is 6.04 Å². The zero-order chi connectivity index (χ0) is 13.2. The Bertz CT molecular complexity index is 559.